The molecule has 1 N–H and O–H groups in total. The number of nitrogens with one attached hydrogen (secondary N) is 1. The van der Waals surface area contributed by atoms with Crippen molar-refractivity contribution in [3.05, 3.63) is 65.5 Å². The first-order chi connectivity index (χ1) is 13.1. The van der Waals surface area contributed by atoms with Gasteiger partial charge in [-0.2, -0.15) is 0 Å². The Bertz CT molecular complexity index is 986. The van der Waals surface area contributed by atoms with E-state index in [2.05, 4.69) is 4.72 Å². The zero-order valence-corrected chi connectivity index (χ0v) is 16.2. The summed E-state index contributed by atoms with van der Waals surface area (Å²) in [6.07, 6.45) is 0.678. The lowest BCUT2D eigenvalue weighted by atomic mass is 10.1. The number of hydrogen-bond acceptors (Lipinski definition) is 5. The van der Waals surface area contributed by atoms with E-state index in [0.29, 0.717) is 17.7 Å². The second-order valence-electron chi connectivity index (χ2n) is 6.90. The average molecular weight is 405 g/mol. The van der Waals surface area contributed by atoms with E-state index in [1.54, 1.807) is 12.1 Å². The molecule has 0 radical (unpaired) electrons. The van der Waals surface area contributed by atoms with Crippen LogP contribution in [0.2, 0.25) is 0 Å². The molecule has 2 aromatic carbocycles. The molecule has 1 aliphatic carbocycles. The van der Waals surface area contributed by atoms with Crippen molar-refractivity contribution in [2.75, 3.05) is 11.0 Å². The lowest BCUT2D eigenvalue weighted by molar-refractivity contribution is -0.148. The van der Waals surface area contributed by atoms with Gasteiger partial charge in [0.1, 0.15) is 5.82 Å². The predicted molar refractivity (Wildman–Crippen MR) is 102 cm³/mol. The number of carbonyl (C=O) groups excluding carboxylic acids is 2. The summed E-state index contributed by atoms with van der Waals surface area (Å²) in [6.45, 7) is 1.50. The normalized spacial score (nSPS) is 19.5. The molecule has 8 heteroatoms. The fourth-order valence-corrected chi connectivity index (χ4v) is 3.56. The van der Waals surface area contributed by atoms with Crippen molar-refractivity contribution in [1.82, 2.24) is 0 Å². The SMILES string of the molecule is CC(OC(=O)C1CC1c1ccc(F)cc1)C(=O)c1ccc(NS(C)(=O)=O)cc1. The number of hydrogen-bond donors (Lipinski definition) is 1. The molecule has 0 bridgehead atoms. The fourth-order valence-electron chi connectivity index (χ4n) is 3.00. The molecule has 148 valence electrons. The number of rotatable bonds is 7. The zero-order valence-electron chi connectivity index (χ0n) is 15.4. The van der Waals surface area contributed by atoms with Gasteiger partial charge < -0.3 is 4.74 Å². The Hall–Kier alpha value is -2.74. The van der Waals surface area contributed by atoms with Crippen LogP contribution in [-0.4, -0.2) is 32.5 Å². The van der Waals surface area contributed by atoms with Crippen molar-refractivity contribution in [2.24, 2.45) is 5.92 Å². The molecule has 1 aliphatic rings. The van der Waals surface area contributed by atoms with Gasteiger partial charge in [0.05, 0.1) is 12.2 Å². The molecule has 1 saturated carbocycles. The Morgan fingerprint density at radius 3 is 2.29 bits per heavy atom. The number of anilines is 1. The molecule has 0 amide bonds. The molecule has 0 spiro atoms. The topological polar surface area (TPSA) is 89.5 Å². The van der Waals surface area contributed by atoms with E-state index in [1.165, 1.54) is 43.3 Å². The predicted octanol–water partition coefficient (Wildman–Crippen LogP) is 3.12. The highest BCUT2D eigenvalue weighted by Crippen LogP contribution is 2.48. The summed E-state index contributed by atoms with van der Waals surface area (Å²) in [4.78, 5) is 24.7. The number of Topliss-reactive ketones (excluding diaryl/α,β-unsaturated/α-hetero) is 1. The number of esters is 1. The maximum Gasteiger partial charge on any atom is 0.310 e. The van der Waals surface area contributed by atoms with Crippen molar-refractivity contribution in [3.63, 3.8) is 0 Å². The highest BCUT2D eigenvalue weighted by atomic mass is 32.2. The van der Waals surface area contributed by atoms with E-state index in [4.69, 9.17) is 4.74 Å². The molecule has 6 nitrogen and oxygen atoms in total. The molecule has 3 unspecified atom stereocenters. The highest BCUT2D eigenvalue weighted by molar-refractivity contribution is 7.92. The van der Waals surface area contributed by atoms with Crippen LogP contribution in [-0.2, 0) is 19.6 Å². The number of ether oxygens (including phenoxy) is 1. The van der Waals surface area contributed by atoms with Crippen LogP contribution in [0.4, 0.5) is 10.1 Å². The van der Waals surface area contributed by atoms with E-state index in [9.17, 15) is 22.4 Å². The largest absolute Gasteiger partial charge is 0.454 e. The van der Waals surface area contributed by atoms with Gasteiger partial charge >= 0.3 is 5.97 Å². The quantitative estimate of drug-likeness (QED) is 0.565. The minimum absolute atomic E-state index is 0.0169. The standard InChI is InChI=1S/C20H20FNO5S/c1-12(19(23)14-5-9-16(10-6-14)22-28(2,25)26)27-20(24)18-11-17(18)13-3-7-15(21)8-4-13/h3-10,12,17-18,22H,11H2,1-2H3. The van der Waals surface area contributed by atoms with Crippen LogP contribution in [0, 0.1) is 11.7 Å². The van der Waals surface area contributed by atoms with Gasteiger partial charge in [-0.3, -0.25) is 14.3 Å². The minimum atomic E-state index is -3.40. The van der Waals surface area contributed by atoms with Crippen LogP contribution in [0.15, 0.2) is 48.5 Å². The van der Waals surface area contributed by atoms with Gasteiger partial charge in [-0.25, -0.2) is 12.8 Å². The van der Waals surface area contributed by atoms with Gasteiger partial charge in [0.2, 0.25) is 15.8 Å². The first-order valence-corrected chi connectivity index (χ1v) is 10.6. The molecule has 0 aliphatic heterocycles. The maximum absolute atomic E-state index is 13.0. The zero-order chi connectivity index (χ0) is 20.5. The van der Waals surface area contributed by atoms with E-state index in [1.807, 2.05) is 0 Å². The highest BCUT2D eigenvalue weighted by Gasteiger charge is 2.46. The van der Waals surface area contributed by atoms with Crippen molar-refractivity contribution >= 4 is 27.5 Å². The van der Waals surface area contributed by atoms with Gasteiger partial charge in [0.25, 0.3) is 0 Å². The number of ketones is 1. The van der Waals surface area contributed by atoms with Crippen molar-refractivity contribution in [1.29, 1.82) is 0 Å². The van der Waals surface area contributed by atoms with Crippen molar-refractivity contribution in [3.8, 4) is 0 Å². The van der Waals surface area contributed by atoms with Crippen LogP contribution in [0.5, 0.6) is 0 Å². The van der Waals surface area contributed by atoms with Crippen LogP contribution < -0.4 is 4.72 Å². The second kappa shape index (κ2) is 7.71. The monoisotopic (exact) mass is 405 g/mol. The van der Waals surface area contributed by atoms with Crippen molar-refractivity contribution in [2.45, 2.75) is 25.4 Å². The van der Waals surface area contributed by atoms with Gasteiger partial charge in [-0.1, -0.05) is 12.1 Å². The summed E-state index contributed by atoms with van der Waals surface area (Å²) in [6, 6.07) is 11.9. The first-order valence-electron chi connectivity index (χ1n) is 8.72. The van der Waals surface area contributed by atoms with Crippen LogP contribution in [0.3, 0.4) is 0 Å². The number of halogens is 1. The number of sulfonamides is 1. The van der Waals surface area contributed by atoms with Crippen LogP contribution in [0.25, 0.3) is 0 Å². The Labute approximate surface area is 162 Å². The van der Waals surface area contributed by atoms with E-state index in [-0.39, 0.29) is 23.4 Å². The summed E-state index contributed by atoms with van der Waals surface area (Å²) >= 11 is 0. The minimum Gasteiger partial charge on any atom is -0.454 e. The third kappa shape index (κ3) is 4.95. The van der Waals surface area contributed by atoms with E-state index >= 15 is 0 Å². The molecule has 0 heterocycles. The molecule has 0 aromatic heterocycles. The molecular weight excluding hydrogens is 385 g/mol. The molecule has 2 aromatic rings. The van der Waals surface area contributed by atoms with Gasteiger partial charge in [-0.05, 0) is 61.2 Å². The fraction of sp³-hybridized carbons (Fsp3) is 0.300. The Kier molecular flexibility index (Phi) is 5.51. The summed E-state index contributed by atoms with van der Waals surface area (Å²) in [5.41, 5.74) is 1.52. The molecule has 28 heavy (non-hydrogen) atoms. The first kappa shape index (κ1) is 20.0. The Morgan fingerprint density at radius 2 is 1.71 bits per heavy atom. The Balaban J connectivity index is 1.57. The van der Waals surface area contributed by atoms with E-state index in [0.717, 1.165) is 11.8 Å². The third-order valence-electron chi connectivity index (χ3n) is 4.53. The van der Waals surface area contributed by atoms with Crippen LogP contribution >= 0.6 is 0 Å². The van der Waals surface area contributed by atoms with Gasteiger partial charge in [0.15, 0.2) is 6.10 Å². The Morgan fingerprint density at radius 1 is 1.11 bits per heavy atom. The van der Waals surface area contributed by atoms with Gasteiger partial charge in [0, 0.05) is 11.3 Å². The maximum atomic E-state index is 13.0. The van der Waals surface area contributed by atoms with Crippen LogP contribution in [0.1, 0.15) is 35.2 Å². The summed E-state index contributed by atoms with van der Waals surface area (Å²) < 4.78 is 43.0. The molecule has 3 atom stereocenters. The lowest BCUT2D eigenvalue weighted by Crippen LogP contribution is -2.25. The number of benzene rings is 2. The smallest absolute Gasteiger partial charge is 0.310 e. The number of carbonyl (C=O) groups is 2. The lowest BCUT2D eigenvalue weighted by Gasteiger charge is -2.13. The molecule has 0 saturated heterocycles. The summed E-state index contributed by atoms with van der Waals surface area (Å²) in [5, 5.41) is 0. The summed E-state index contributed by atoms with van der Waals surface area (Å²) in [7, 11) is -3.40. The second-order valence-corrected chi connectivity index (χ2v) is 8.64. The molecule has 3 rings (SSSR count). The van der Waals surface area contributed by atoms with Crippen molar-refractivity contribution < 1.29 is 27.1 Å². The van der Waals surface area contributed by atoms with E-state index < -0.39 is 22.1 Å². The third-order valence-corrected chi connectivity index (χ3v) is 5.13. The molecule has 1 fully saturated rings. The summed E-state index contributed by atoms with van der Waals surface area (Å²) in [5.74, 6) is -1.51. The average Bonchev–Trinajstić information content (AvgIpc) is 3.42. The molecular formula is C20H20FNO5S. The van der Waals surface area contributed by atoms with Gasteiger partial charge in [-0.15, -0.1) is 0 Å².